The summed E-state index contributed by atoms with van der Waals surface area (Å²) in [6.07, 6.45) is -3.77. The van der Waals surface area contributed by atoms with Crippen LogP contribution >= 0.6 is 11.6 Å². The Morgan fingerprint density at radius 3 is 2.44 bits per heavy atom. The Bertz CT molecular complexity index is 982. The fourth-order valence-electron chi connectivity index (χ4n) is 2.51. The molecule has 0 saturated carbocycles. The molecule has 0 bridgehead atoms. The first-order chi connectivity index (χ1) is 12.2. The Morgan fingerprint density at radius 1 is 1.37 bits per heavy atom. The van der Waals surface area contributed by atoms with E-state index in [1.807, 2.05) is 0 Å². The van der Waals surface area contributed by atoms with Crippen molar-refractivity contribution < 1.29 is 26.4 Å². The number of rotatable bonds is 5. The second-order valence-corrected chi connectivity index (χ2v) is 7.97. The molecule has 3 N–H and O–H groups in total. The number of hydrogen-bond acceptors (Lipinski definition) is 4. The summed E-state index contributed by atoms with van der Waals surface area (Å²) in [7, 11) is -3.29. The number of aryl methyl sites for hydroxylation is 2. The van der Waals surface area contributed by atoms with Crippen LogP contribution in [0.2, 0.25) is 5.15 Å². The highest BCUT2D eigenvalue weighted by Crippen LogP contribution is 2.34. The molecule has 0 aromatic carbocycles. The van der Waals surface area contributed by atoms with E-state index in [-0.39, 0.29) is 22.0 Å². The fourth-order valence-corrected chi connectivity index (χ4v) is 4.27. The maximum absolute atomic E-state index is 12.8. The van der Waals surface area contributed by atoms with E-state index < -0.39 is 33.0 Å². The van der Waals surface area contributed by atoms with Gasteiger partial charge in [-0.05, 0) is 31.5 Å². The minimum atomic E-state index is -4.79. The van der Waals surface area contributed by atoms with Gasteiger partial charge in [-0.25, -0.2) is 13.4 Å². The Labute approximate surface area is 158 Å². The van der Waals surface area contributed by atoms with Gasteiger partial charge in [-0.2, -0.15) is 17.9 Å². The number of pyridine rings is 1. The summed E-state index contributed by atoms with van der Waals surface area (Å²) in [5.41, 5.74) is 5.60. The van der Waals surface area contributed by atoms with Gasteiger partial charge in [0.2, 0.25) is 10.0 Å². The number of halogens is 4. The Kier molecular flexibility index (Phi) is 5.60. The minimum absolute atomic E-state index is 0.0178. The topological polar surface area (TPSA) is 107 Å². The van der Waals surface area contributed by atoms with Crippen LogP contribution in [0.25, 0.3) is 11.1 Å². The molecule has 7 nitrogen and oxygen atoms in total. The van der Waals surface area contributed by atoms with Gasteiger partial charge in [-0.1, -0.05) is 11.6 Å². The first-order valence-electron chi connectivity index (χ1n) is 7.46. The van der Waals surface area contributed by atoms with Crippen LogP contribution in [0.5, 0.6) is 0 Å². The molecule has 27 heavy (non-hydrogen) atoms. The summed E-state index contributed by atoms with van der Waals surface area (Å²) in [5, 5.41) is 0.0178. The molecular formula is C15H16ClF3N4O3S. The molecule has 12 heteroatoms. The van der Waals surface area contributed by atoms with E-state index in [2.05, 4.69) is 4.98 Å². The summed E-state index contributed by atoms with van der Waals surface area (Å²) < 4.78 is 66.3. The van der Waals surface area contributed by atoms with E-state index in [9.17, 15) is 26.4 Å². The molecule has 148 valence electrons. The third-order valence-electron chi connectivity index (χ3n) is 3.70. The number of sulfonamides is 1. The second-order valence-electron chi connectivity index (χ2n) is 5.90. The molecule has 0 fully saturated rings. The van der Waals surface area contributed by atoms with Crippen molar-refractivity contribution in [2.45, 2.75) is 31.0 Å². The van der Waals surface area contributed by atoms with Gasteiger partial charge in [0.15, 0.2) is 0 Å². The number of carbonyl (C=O) groups excluding carboxylic acids is 1. The Hall–Kier alpha value is -2.11. The third-order valence-corrected chi connectivity index (χ3v) is 5.45. The SMILES string of the molecule is Cc1cc(-c2c(S(=O)(=O)N[C@H](C)C(F)(F)F)cn(C)c2C(N)=O)cc(Cl)n1. The van der Waals surface area contributed by atoms with E-state index in [0.717, 1.165) is 10.8 Å². The number of hydrogen-bond donors (Lipinski definition) is 2. The molecule has 0 unspecified atom stereocenters. The maximum Gasteiger partial charge on any atom is 0.404 e. The lowest BCUT2D eigenvalue weighted by molar-refractivity contribution is -0.147. The van der Waals surface area contributed by atoms with E-state index in [1.165, 1.54) is 19.2 Å². The van der Waals surface area contributed by atoms with E-state index in [0.29, 0.717) is 12.6 Å². The predicted molar refractivity (Wildman–Crippen MR) is 92.7 cm³/mol. The lowest BCUT2D eigenvalue weighted by Gasteiger charge is -2.17. The van der Waals surface area contributed by atoms with Gasteiger partial charge in [0.1, 0.15) is 21.8 Å². The number of amides is 1. The molecule has 2 rings (SSSR count). The lowest BCUT2D eigenvalue weighted by Crippen LogP contribution is -2.43. The highest BCUT2D eigenvalue weighted by Gasteiger charge is 2.40. The molecule has 2 aromatic heterocycles. The molecular weight excluding hydrogens is 409 g/mol. The summed E-state index contributed by atoms with van der Waals surface area (Å²) in [4.78, 5) is 15.3. The molecule has 0 radical (unpaired) electrons. The summed E-state index contributed by atoms with van der Waals surface area (Å²) in [6, 6.07) is 0.401. The monoisotopic (exact) mass is 424 g/mol. The standard InChI is InChI=1S/C15H16ClF3N4O3S/c1-7-4-9(5-11(16)21-7)12-10(6-23(3)13(12)14(20)24)27(25,26)22-8(2)15(17,18)19/h4-6,8,22H,1-3H3,(H2,20,24)/t8-/m1/s1. The Morgan fingerprint density at radius 2 is 1.96 bits per heavy atom. The molecule has 1 atom stereocenters. The molecule has 2 aromatic rings. The van der Waals surface area contributed by atoms with Gasteiger partial charge in [-0.3, -0.25) is 4.79 Å². The number of nitrogens with zero attached hydrogens (tertiary/aromatic N) is 2. The van der Waals surface area contributed by atoms with Crippen LogP contribution in [0.3, 0.4) is 0 Å². The van der Waals surface area contributed by atoms with Gasteiger partial charge >= 0.3 is 6.18 Å². The first-order valence-corrected chi connectivity index (χ1v) is 9.33. The van der Waals surface area contributed by atoms with Crippen molar-refractivity contribution in [3.05, 3.63) is 34.9 Å². The van der Waals surface area contributed by atoms with Crippen molar-refractivity contribution in [3.8, 4) is 11.1 Å². The zero-order valence-corrected chi connectivity index (χ0v) is 16.0. The van der Waals surface area contributed by atoms with Crippen LogP contribution in [0.15, 0.2) is 23.2 Å². The summed E-state index contributed by atoms with van der Waals surface area (Å²) >= 11 is 5.90. The number of nitrogens with two attached hydrogens (primary N) is 1. The highest BCUT2D eigenvalue weighted by atomic mass is 35.5. The van der Waals surface area contributed by atoms with Crippen molar-refractivity contribution in [2.24, 2.45) is 12.8 Å². The molecule has 0 aliphatic rings. The normalized spacial score (nSPS) is 13.6. The fraction of sp³-hybridized carbons (Fsp3) is 0.333. The number of carbonyl (C=O) groups is 1. The zero-order chi connectivity index (χ0) is 20.7. The van der Waals surface area contributed by atoms with E-state index in [1.54, 1.807) is 11.6 Å². The maximum atomic E-state index is 12.8. The molecule has 0 saturated heterocycles. The molecule has 0 aliphatic heterocycles. The lowest BCUT2D eigenvalue weighted by atomic mass is 10.1. The Balaban J connectivity index is 2.75. The molecule has 0 spiro atoms. The van der Waals surface area contributed by atoms with Gasteiger partial charge in [0.05, 0.1) is 0 Å². The number of alkyl halides is 3. The van der Waals surface area contributed by atoms with Gasteiger partial charge < -0.3 is 10.3 Å². The van der Waals surface area contributed by atoms with Crippen LogP contribution in [-0.2, 0) is 17.1 Å². The zero-order valence-electron chi connectivity index (χ0n) is 14.4. The minimum Gasteiger partial charge on any atom is -0.364 e. The quantitative estimate of drug-likeness (QED) is 0.718. The van der Waals surface area contributed by atoms with Crippen molar-refractivity contribution in [1.29, 1.82) is 0 Å². The number of nitrogens with one attached hydrogen (secondary N) is 1. The van der Waals surface area contributed by atoms with Crippen molar-refractivity contribution in [2.75, 3.05) is 0 Å². The predicted octanol–water partition coefficient (Wildman–Crippen LogP) is 2.38. The highest BCUT2D eigenvalue weighted by molar-refractivity contribution is 7.89. The van der Waals surface area contributed by atoms with Crippen molar-refractivity contribution in [1.82, 2.24) is 14.3 Å². The summed E-state index contributed by atoms with van der Waals surface area (Å²) in [5.74, 6) is -0.955. The van der Waals surface area contributed by atoms with Crippen LogP contribution < -0.4 is 10.5 Å². The van der Waals surface area contributed by atoms with Crippen LogP contribution in [0, 0.1) is 6.92 Å². The van der Waals surface area contributed by atoms with Crippen LogP contribution in [-0.4, -0.2) is 36.1 Å². The number of aromatic nitrogens is 2. The average Bonchev–Trinajstić information content (AvgIpc) is 2.83. The van der Waals surface area contributed by atoms with Crippen molar-refractivity contribution in [3.63, 3.8) is 0 Å². The van der Waals surface area contributed by atoms with Gasteiger partial charge in [0, 0.05) is 24.5 Å². The molecule has 1 amide bonds. The first kappa shape index (κ1) is 21.2. The van der Waals surface area contributed by atoms with Crippen LogP contribution in [0.4, 0.5) is 13.2 Å². The summed E-state index contributed by atoms with van der Waals surface area (Å²) in [6.45, 7) is 2.25. The largest absolute Gasteiger partial charge is 0.404 e. The number of primary amides is 1. The smallest absolute Gasteiger partial charge is 0.364 e. The molecule has 2 heterocycles. The van der Waals surface area contributed by atoms with E-state index in [4.69, 9.17) is 17.3 Å². The average molecular weight is 425 g/mol. The van der Waals surface area contributed by atoms with Crippen LogP contribution in [0.1, 0.15) is 23.1 Å². The second kappa shape index (κ2) is 7.13. The van der Waals surface area contributed by atoms with Gasteiger partial charge in [0.25, 0.3) is 5.91 Å². The van der Waals surface area contributed by atoms with Gasteiger partial charge in [-0.15, -0.1) is 0 Å². The van der Waals surface area contributed by atoms with Crippen molar-refractivity contribution >= 4 is 27.5 Å². The molecule has 0 aliphatic carbocycles. The van der Waals surface area contributed by atoms with E-state index >= 15 is 0 Å². The third kappa shape index (κ3) is 4.42.